The van der Waals surface area contributed by atoms with E-state index in [1.807, 2.05) is 6.07 Å². The van der Waals surface area contributed by atoms with Gasteiger partial charge in [-0.25, -0.2) is 4.39 Å². The van der Waals surface area contributed by atoms with Crippen molar-refractivity contribution in [3.63, 3.8) is 0 Å². The van der Waals surface area contributed by atoms with Gasteiger partial charge < -0.3 is 5.32 Å². The van der Waals surface area contributed by atoms with Crippen LogP contribution in [0.1, 0.15) is 12.1 Å². The molecule has 1 fully saturated rings. The highest BCUT2D eigenvalue weighted by molar-refractivity contribution is 5.15. The molecule has 0 saturated carbocycles. The lowest BCUT2D eigenvalue weighted by Gasteiger charge is -2.16. The van der Waals surface area contributed by atoms with Crippen LogP contribution >= 0.6 is 0 Å². The van der Waals surface area contributed by atoms with E-state index in [0.29, 0.717) is 18.7 Å². The smallest absolute Gasteiger partial charge is 0.166 e. The number of rotatable bonds is 1. The van der Waals surface area contributed by atoms with Crippen molar-refractivity contribution in [3.05, 3.63) is 30.1 Å². The highest BCUT2D eigenvalue weighted by atomic mass is 19.1. The first-order chi connectivity index (χ1) is 5.81. The first-order valence-electron chi connectivity index (χ1n) is 4.12. The van der Waals surface area contributed by atoms with Crippen LogP contribution in [0.25, 0.3) is 0 Å². The van der Waals surface area contributed by atoms with Gasteiger partial charge >= 0.3 is 0 Å². The third kappa shape index (κ3) is 1.20. The molecule has 1 atom stereocenters. The third-order valence-corrected chi connectivity index (χ3v) is 2.23. The van der Waals surface area contributed by atoms with E-state index < -0.39 is 5.67 Å². The van der Waals surface area contributed by atoms with Gasteiger partial charge in [0.1, 0.15) is 0 Å². The van der Waals surface area contributed by atoms with Crippen molar-refractivity contribution in [2.75, 3.05) is 13.1 Å². The summed E-state index contributed by atoms with van der Waals surface area (Å²) in [5.41, 5.74) is -0.684. The number of pyridine rings is 1. The Labute approximate surface area is 70.8 Å². The highest BCUT2D eigenvalue weighted by Gasteiger charge is 2.36. The molecule has 0 aliphatic carbocycles. The zero-order valence-electron chi connectivity index (χ0n) is 6.76. The number of hydrogen-bond donors (Lipinski definition) is 1. The van der Waals surface area contributed by atoms with Crippen molar-refractivity contribution in [3.8, 4) is 0 Å². The van der Waals surface area contributed by atoms with Gasteiger partial charge in [0, 0.05) is 19.2 Å². The SMILES string of the molecule is F[C@@]1(c2ccccn2)CCNC1. The van der Waals surface area contributed by atoms with Crippen LogP contribution in [0.3, 0.4) is 0 Å². The molecule has 2 rings (SSSR count). The molecule has 2 nitrogen and oxygen atoms in total. The molecule has 1 N–H and O–H groups in total. The van der Waals surface area contributed by atoms with E-state index in [4.69, 9.17) is 0 Å². The predicted octanol–water partition coefficient (Wildman–Crippen LogP) is 1.24. The summed E-state index contributed by atoms with van der Waals surface area (Å²) in [5, 5.41) is 3.00. The molecule has 1 aliphatic rings. The van der Waals surface area contributed by atoms with Crippen molar-refractivity contribution in [2.45, 2.75) is 12.1 Å². The fourth-order valence-electron chi connectivity index (χ4n) is 1.51. The fraction of sp³-hybridized carbons (Fsp3) is 0.444. The first-order valence-corrected chi connectivity index (χ1v) is 4.12. The molecule has 2 heterocycles. The molecule has 0 aromatic carbocycles. The Hall–Kier alpha value is -0.960. The Morgan fingerprint density at radius 3 is 3.00 bits per heavy atom. The fourth-order valence-corrected chi connectivity index (χ4v) is 1.51. The minimum Gasteiger partial charge on any atom is -0.313 e. The van der Waals surface area contributed by atoms with Crippen LogP contribution in [0.5, 0.6) is 0 Å². The van der Waals surface area contributed by atoms with Gasteiger partial charge in [0.05, 0.1) is 5.69 Å². The van der Waals surface area contributed by atoms with Crippen LogP contribution in [-0.2, 0) is 5.67 Å². The normalized spacial score (nSPS) is 29.1. The van der Waals surface area contributed by atoms with Crippen LogP contribution in [0.4, 0.5) is 4.39 Å². The molecule has 0 amide bonds. The van der Waals surface area contributed by atoms with Gasteiger partial charge in [0.15, 0.2) is 5.67 Å². The van der Waals surface area contributed by atoms with Gasteiger partial charge in [0.25, 0.3) is 0 Å². The summed E-state index contributed by atoms with van der Waals surface area (Å²) in [6.07, 6.45) is 2.17. The van der Waals surface area contributed by atoms with Crippen LogP contribution in [0, 0.1) is 0 Å². The van der Waals surface area contributed by atoms with Gasteiger partial charge in [-0.05, 0) is 18.7 Å². The van der Waals surface area contributed by atoms with Crippen molar-refractivity contribution >= 4 is 0 Å². The van der Waals surface area contributed by atoms with E-state index in [2.05, 4.69) is 10.3 Å². The van der Waals surface area contributed by atoms with Gasteiger partial charge in [-0.3, -0.25) is 4.98 Å². The predicted molar refractivity (Wildman–Crippen MR) is 44.5 cm³/mol. The average molecular weight is 166 g/mol. The lowest BCUT2D eigenvalue weighted by atomic mass is 10.0. The van der Waals surface area contributed by atoms with Crippen molar-refractivity contribution < 1.29 is 4.39 Å². The summed E-state index contributed by atoms with van der Waals surface area (Å²) >= 11 is 0. The monoisotopic (exact) mass is 166 g/mol. The molecular weight excluding hydrogens is 155 g/mol. The Morgan fingerprint density at radius 1 is 1.50 bits per heavy atom. The summed E-state index contributed by atoms with van der Waals surface area (Å²) in [7, 11) is 0. The zero-order valence-corrected chi connectivity index (χ0v) is 6.76. The topological polar surface area (TPSA) is 24.9 Å². The lowest BCUT2D eigenvalue weighted by molar-refractivity contribution is 0.186. The maximum Gasteiger partial charge on any atom is 0.166 e. The minimum absolute atomic E-state index is 0.393. The molecule has 1 aromatic rings. The highest BCUT2D eigenvalue weighted by Crippen LogP contribution is 2.30. The zero-order chi connectivity index (χ0) is 8.44. The summed E-state index contributed by atoms with van der Waals surface area (Å²) in [5.74, 6) is 0. The van der Waals surface area contributed by atoms with Crippen molar-refractivity contribution in [1.82, 2.24) is 10.3 Å². The molecule has 1 saturated heterocycles. The second-order valence-electron chi connectivity index (χ2n) is 3.11. The van der Waals surface area contributed by atoms with Crippen LogP contribution in [-0.4, -0.2) is 18.1 Å². The molecule has 64 valence electrons. The number of nitrogens with zero attached hydrogens (tertiary/aromatic N) is 1. The number of aromatic nitrogens is 1. The van der Waals surface area contributed by atoms with Gasteiger partial charge in [0.2, 0.25) is 0 Å². The van der Waals surface area contributed by atoms with E-state index in [-0.39, 0.29) is 0 Å². The molecule has 3 heteroatoms. The summed E-state index contributed by atoms with van der Waals surface area (Å²) in [6, 6.07) is 5.37. The quantitative estimate of drug-likeness (QED) is 0.679. The van der Waals surface area contributed by atoms with Crippen LogP contribution in [0.2, 0.25) is 0 Å². The van der Waals surface area contributed by atoms with Crippen molar-refractivity contribution in [1.29, 1.82) is 0 Å². The Morgan fingerprint density at radius 2 is 2.42 bits per heavy atom. The average Bonchev–Trinajstić information content (AvgIpc) is 2.55. The number of nitrogens with one attached hydrogen (secondary N) is 1. The number of alkyl halides is 1. The van der Waals surface area contributed by atoms with Gasteiger partial charge in [-0.15, -0.1) is 0 Å². The van der Waals surface area contributed by atoms with E-state index in [0.717, 1.165) is 6.54 Å². The molecule has 0 unspecified atom stereocenters. The number of hydrogen-bond acceptors (Lipinski definition) is 2. The van der Waals surface area contributed by atoms with Gasteiger partial charge in [-0.1, -0.05) is 6.07 Å². The minimum atomic E-state index is -1.23. The lowest BCUT2D eigenvalue weighted by Crippen LogP contribution is -2.24. The van der Waals surface area contributed by atoms with Crippen LogP contribution < -0.4 is 5.32 Å². The standard InChI is InChI=1S/C9H11FN2/c10-9(4-6-11-7-9)8-3-1-2-5-12-8/h1-3,5,11H,4,6-7H2/t9-/m0/s1. The Balaban J connectivity index is 2.29. The second-order valence-corrected chi connectivity index (χ2v) is 3.11. The molecule has 1 aliphatic heterocycles. The van der Waals surface area contributed by atoms with Crippen molar-refractivity contribution in [2.24, 2.45) is 0 Å². The second kappa shape index (κ2) is 2.83. The van der Waals surface area contributed by atoms with Crippen LogP contribution in [0.15, 0.2) is 24.4 Å². The maximum atomic E-state index is 13.9. The first kappa shape index (κ1) is 7.68. The van der Waals surface area contributed by atoms with E-state index in [1.54, 1.807) is 18.3 Å². The molecule has 0 radical (unpaired) electrons. The largest absolute Gasteiger partial charge is 0.313 e. The van der Waals surface area contributed by atoms with Gasteiger partial charge in [-0.2, -0.15) is 0 Å². The maximum absolute atomic E-state index is 13.9. The summed E-state index contributed by atoms with van der Waals surface area (Å²) < 4.78 is 13.9. The summed E-state index contributed by atoms with van der Waals surface area (Å²) in [4.78, 5) is 4.02. The van der Waals surface area contributed by atoms with E-state index >= 15 is 0 Å². The molecule has 12 heavy (non-hydrogen) atoms. The molecule has 0 bridgehead atoms. The molecule has 0 spiro atoms. The molecule has 1 aromatic heterocycles. The van der Waals surface area contributed by atoms with E-state index in [9.17, 15) is 4.39 Å². The summed E-state index contributed by atoms with van der Waals surface area (Å²) in [6.45, 7) is 1.14. The van der Waals surface area contributed by atoms with E-state index in [1.165, 1.54) is 0 Å². The third-order valence-electron chi connectivity index (χ3n) is 2.23. The Kier molecular flexibility index (Phi) is 1.81. The molecular formula is C9H11FN2. The number of halogens is 1. The Bertz CT molecular complexity index is 254.